The van der Waals surface area contributed by atoms with Crippen molar-refractivity contribution in [2.24, 2.45) is 16.8 Å². The molecular weight excluding hydrogens is 457 g/mol. The molecule has 2 fully saturated rings. The van der Waals surface area contributed by atoms with Gasteiger partial charge in [0.15, 0.2) is 5.96 Å². The van der Waals surface area contributed by atoms with Gasteiger partial charge in [0, 0.05) is 52.9 Å². The maximum atomic E-state index is 11.8. The van der Waals surface area contributed by atoms with Crippen molar-refractivity contribution in [3.05, 3.63) is 0 Å². The van der Waals surface area contributed by atoms with Crippen LogP contribution in [0.4, 0.5) is 4.79 Å². The maximum Gasteiger partial charge on any atom is 0.409 e. The Morgan fingerprint density at radius 2 is 1.85 bits per heavy atom. The Morgan fingerprint density at radius 1 is 1.19 bits per heavy atom. The van der Waals surface area contributed by atoms with Crippen LogP contribution in [0.15, 0.2) is 4.99 Å². The van der Waals surface area contributed by atoms with E-state index in [9.17, 15) is 4.79 Å². The van der Waals surface area contributed by atoms with Crippen LogP contribution in [-0.4, -0.2) is 92.8 Å². The van der Waals surface area contributed by atoms with Crippen LogP contribution >= 0.6 is 24.0 Å². The topological polar surface area (TPSA) is 60.4 Å². The number of hydrogen-bond acceptors (Lipinski definition) is 4. The molecule has 2 saturated heterocycles. The van der Waals surface area contributed by atoms with Crippen LogP contribution in [0.3, 0.4) is 0 Å². The molecule has 1 N–H and O–H groups in total. The number of aliphatic imine (C=N–C) groups is 1. The molecule has 8 heteroatoms. The highest BCUT2D eigenvalue weighted by Crippen LogP contribution is 2.17. The molecule has 1 unspecified atom stereocenters. The third-order valence-corrected chi connectivity index (χ3v) is 5.09. The average molecular weight is 495 g/mol. The Balaban J connectivity index is 0.00000364. The minimum atomic E-state index is -0.206. The highest BCUT2D eigenvalue weighted by molar-refractivity contribution is 14.0. The Labute approximate surface area is 181 Å². The average Bonchev–Trinajstić information content (AvgIpc) is 2.63. The minimum Gasteiger partial charge on any atom is -0.450 e. The summed E-state index contributed by atoms with van der Waals surface area (Å²) in [6.07, 6.45) is 2.37. The summed E-state index contributed by atoms with van der Waals surface area (Å²) in [6, 6.07) is 0. The van der Waals surface area contributed by atoms with Crippen LogP contribution in [0.25, 0.3) is 0 Å². The zero-order valence-corrected chi connectivity index (χ0v) is 19.8. The minimum absolute atomic E-state index is 0. The lowest BCUT2D eigenvalue weighted by atomic mass is 9.97. The number of rotatable bonds is 5. The number of carbonyl (C=O) groups excluding carboxylic acids is 1. The predicted octanol–water partition coefficient (Wildman–Crippen LogP) is 2.32. The molecule has 2 aliphatic heterocycles. The summed E-state index contributed by atoms with van der Waals surface area (Å²) in [4.78, 5) is 22.9. The number of nitrogens with zero attached hydrogens (tertiary/aromatic N) is 4. The van der Waals surface area contributed by atoms with Gasteiger partial charge in [0.1, 0.15) is 0 Å². The number of piperidine rings is 1. The van der Waals surface area contributed by atoms with Gasteiger partial charge < -0.3 is 24.8 Å². The van der Waals surface area contributed by atoms with Gasteiger partial charge in [-0.3, -0.25) is 4.99 Å². The fourth-order valence-electron chi connectivity index (χ4n) is 3.88. The highest BCUT2D eigenvalue weighted by atomic mass is 127. The zero-order chi connectivity index (χ0) is 18.9. The first-order valence-corrected chi connectivity index (χ1v) is 10.1. The van der Waals surface area contributed by atoms with Gasteiger partial charge in [-0.2, -0.15) is 0 Å². The first-order valence-electron chi connectivity index (χ1n) is 10.1. The molecule has 27 heavy (non-hydrogen) atoms. The van der Waals surface area contributed by atoms with Gasteiger partial charge in [-0.1, -0.05) is 13.8 Å². The molecule has 158 valence electrons. The molecule has 0 bridgehead atoms. The Hall–Kier alpha value is -0.770. The fraction of sp³-hybridized carbons (Fsp3) is 0.895. The van der Waals surface area contributed by atoms with Crippen molar-refractivity contribution in [3.63, 3.8) is 0 Å². The molecular formula is C19H38IN5O2. The quantitative estimate of drug-likeness (QED) is 0.361. The van der Waals surface area contributed by atoms with Crippen LogP contribution in [-0.2, 0) is 4.74 Å². The summed E-state index contributed by atoms with van der Waals surface area (Å²) in [5, 5.41) is 3.57. The van der Waals surface area contributed by atoms with Crippen LogP contribution in [0.5, 0.6) is 0 Å². The number of nitrogens with one attached hydrogen (secondary N) is 1. The lowest BCUT2D eigenvalue weighted by molar-refractivity contribution is 0.0913. The molecule has 0 aromatic heterocycles. The van der Waals surface area contributed by atoms with Crippen molar-refractivity contribution >= 4 is 36.0 Å². The Bertz CT molecular complexity index is 467. The van der Waals surface area contributed by atoms with E-state index in [0.29, 0.717) is 25.6 Å². The molecule has 1 atom stereocenters. The number of guanidine groups is 1. The molecule has 0 spiro atoms. The largest absolute Gasteiger partial charge is 0.450 e. The second-order valence-corrected chi connectivity index (χ2v) is 7.76. The standard InChI is InChI=1S/C19H37N5O2.HI/c1-5-26-19(25)24-11-9-23(10-12-24)18(20-4)21-13-17-7-6-8-22(15-17)14-16(2)3;/h16-17H,5-15H2,1-4H3,(H,20,21);1H. The van der Waals surface area contributed by atoms with Crippen LogP contribution < -0.4 is 5.32 Å². The first kappa shape index (κ1) is 24.3. The van der Waals surface area contributed by atoms with Gasteiger partial charge >= 0.3 is 6.09 Å². The molecule has 0 radical (unpaired) electrons. The van der Waals surface area contributed by atoms with Crippen molar-refractivity contribution in [2.75, 3.05) is 66.0 Å². The summed E-state index contributed by atoms with van der Waals surface area (Å²) < 4.78 is 5.09. The second-order valence-electron chi connectivity index (χ2n) is 7.76. The Morgan fingerprint density at radius 3 is 2.44 bits per heavy atom. The number of ether oxygens (including phenoxy) is 1. The number of carbonyl (C=O) groups is 1. The van der Waals surface area contributed by atoms with E-state index >= 15 is 0 Å². The molecule has 2 rings (SSSR count). The highest BCUT2D eigenvalue weighted by Gasteiger charge is 2.25. The molecule has 2 aliphatic rings. The number of likely N-dealkylation sites (tertiary alicyclic amines) is 1. The predicted molar refractivity (Wildman–Crippen MR) is 121 cm³/mol. The maximum absolute atomic E-state index is 11.8. The van der Waals surface area contributed by atoms with Gasteiger partial charge in [-0.25, -0.2) is 4.79 Å². The summed E-state index contributed by atoms with van der Waals surface area (Å²) in [7, 11) is 1.84. The molecule has 1 amide bonds. The molecule has 0 aromatic rings. The molecule has 0 saturated carbocycles. The number of hydrogen-bond donors (Lipinski definition) is 1. The summed E-state index contributed by atoms with van der Waals surface area (Å²) in [5.41, 5.74) is 0. The molecule has 2 heterocycles. The van der Waals surface area contributed by atoms with E-state index in [0.717, 1.165) is 31.5 Å². The lowest BCUT2D eigenvalue weighted by Crippen LogP contribution is -2.54. The van der Waals surface area contributed by atoms with Gasteiger partial charge in [-0.05, 0) is 38.1 Å². The second kappa shape index (κ2) is 12.6. The third-order valence-electron chi connectivity index (χ3n) is 5.09. The smallest absolute Gasteiger partial charge is 0.409 e. The van der Waals surface area contributed by atoms with E-state index in [1.165, 1.54) is 32.5 Å². The number of piperazine rings is 1. The van der Waals surface area contributed by atoms with Gasteiger partial charge in [-0.15, -0.1) is 24.0 Å². The fourth-order valence-corrected chi connectivity index (χ4v) is 3.88. The van der Waals surface area contributed by atoms with Crippen LogP contribution in [0, 0.1) is 11.8 Å². The van der Waals surface area contributed by atoms with E-state index in [1.54, 1.807) is 4.90 Å². The van der Waals surface area contributed by atoms with Gasteiger partial charge in [0.25, 0.3) is 0 Å². The zero-order valence-electron chi connectivity index (χ0n) is 17.4. The molecule has 7 nitrogen and oxygen atoms in total. The van der Waals surface area contributed by atoms with Crippen molar-refractivity contribution in [2.45, 2.75) is 33.6 Å². The van der Waals surface area contributed by atoms with Gasteiger partial charge in [0.2, 0.25) is 0 Å². The number of amides is 1. The third kappa shape index (κ3) is 8.01. The van der Waals surface area contributed by atoms with Crippen LogP contribution in [0.1, 0.15) is 33.6 Å². The van der Waals surface area contributed by atoms with E-state index in [-0.39, 0.29) is 30.1 Å². The summed E-state index contributed by atoms with van der Waals surface area (Å²) in [6.45, 7) is 14.4. The van der Waals surface area contributed by atoms with E-state index < -0.39 is 0 Å². The van der Waals surface area contributed by atoms with E-state index in [4.69, 9.17) is 4.74 Å². The Kier molecular flexibility index (Phi) is 11.4. The van der Waals surface area contributed by atoms with E-state index in [2.05, 4.69) is 34.0 Å². The van der Waals surface area contributed by atoms with E-state index in [1.807, 2.05) is 14.0 Å². The summed E-state index contributed by atoms with van der Waals surface area (Å²) in [5.74, 6) is 2.36. The van der Waals surface area contributed by atoms with Crippen molar-refractivity contribution < 1.29 is 9.53 Å². The SMILES string of the molecule is CCOC(=O)N1CCN(C(=NC)NCC2CCCN(CC(C)C)C2)CC1.I. The van der Waals surface area contributed by atoms with Crippen molar-refractivity contribution in [1.82, 2.24) is 20.0 Å². The van der Waals surface area contributed by atoms with Crippen molar-refractivity contribution in [1.29, 1.82) is 0 Å². The lowest BCUT2D eigenvalue weighted by Gasteiger charge is -2.37. The normalized spacial score (nSPS) is 21.8. The van der Waals surface area contributed by atoms with Crippen LogP contribution in [0.2, 0.25) is 0 Å². The number of halogens is 1. The summed E-state index contributed by atoms with van der Waals surface area (Å²) >= 11 is 0. The molecule has 0 aliphatic carbocycles. The first-order chi connectivity index (χ1) is 12.5. The van der Waals surface area contributed by atoms with Gasteiger partial charge in [0.05, 0.1) is 6.61 Å². The molecule has 0 aromatic carbocycles. The monoisotopic (exact) mass is 495 g/mol. The van der Waals surface area contributed by atoms with Crippen molar-refractivity contribution in [3.8, 4) is 0 Å².